The van der Waals surface area contributed by atoms with Gasteiger partial charge in [0, 0.05) is 50.6 Å². The number of ketones is 1. The van der Waals surface area contributed by atoms with Crippen LogP contribution in [0.25, 0.3) is 0 Å². The zero-order chi connectivity index (χ0) is 18.4. The molecule has 6 heteroatoms. The molecule has 2 aliphatic rings. The number of piperidine rings is 1. The zero-order valence-electron chi connectivity index (χ0n) is 15.6. The fourth-order valence-electron chi connectivity index (χ4n) is 3.74. The molecule has 1 aromatic rings. The summed E-state index contributed by atoms with van der Waals surface area (Å²) in [6.07, 6.45) is 2.32. The van der Waals surface area contributed by atoms with Gasteiger partial charge in [-0.2, -0.15) is 0 Å². The van der Waals surface area contributed by atoms with E-state index in [0.29, 0.717) is 6.42 Å². The molecule has 142 valence electrons. The Balaban J connectivity index is 1.41. The van der Waals surface area contributed by atoms with Crippen molar-refractivity contribution in [2.75, 3.05) is 52.9 Å². The van der Waals surface area contributed by atoms with Gasteiger partial charge in [-0.1, -0.05) is 0 Å². The first-order valence-corrected chi connectivity index (χ1v) is 9.56. The van der Waals surface area contributed by atoms with Crippen molar-refractivity contribution in [1.29, 1.82) is 0 Å². The third kappa shape index (κ3) is 4.83. The monoisotopic (exact) mass is 359 g/mol. The molecule has 1 N–H and O–H groups in total. The van der Waals surface area contributed by atoms with Crippen LogP contribution < -0.4 is 10.1 Å². The van der Waals surface area contributed by atoms with Crippen molar-refractivity contribution in [3.8, 4) is 5.75 Å². The standard InChI is InChI=1S/C20H29N3O3/c1-26-18-4-2-16(3-5-18)20(25)17-6-11-22(12-7-17)13-8-19(24)23-14-9-21-10-15-23/h2-5,17,21H,6-15H2,1H3. The highest BCUT2D eigenvalue weighted by atomic mass is 16.5. The summed E-state index contributed by atoms with van der Waals surface area (Å²) in [5, 5.41) is 3.27. The maximum Gasteiger partial charge on any atom is 0.223 e. The van der Waals surface area contributed by atoms with E-state index in [1.165, 1.54) is 0 Å². The van der Waals surface area contributed by atoms with E-state index in [9.17, 15) is 9.59 Å². The summed E-state index contributed by atoms with van der Waals surface area (Å²) < 4.78 is 5.15. The van der Waals surface area contributed by atoms with Gasteiger partial charge in [-0.3, -0.25) is 9.59 Å². The van der Waals surface area contributed by atoms with Crippen molar-refractivity contribution in [3.05, 3.63) is 29.8 Å². The molecule has 2 saturated heterocycles. The number of benzene rings is 1. The number of piperazine rings is 1. The largest absolute Gasteiger partial charge is 0.497 e. The van der Waals surface area contributed by atoms with Gasteiger partial charge in [0.2, 0.25) is 5.91 Å². The average molecular weight is 359 g/mol. The molecule has 0 spiro atoms. The lowest BCUT2D eigenvalue weighted by atomic mass is 9.89. The third-order valence-electron chi connectivity index (χ3n) is 5.44. The Bertz CT molecular complexity index is 603. The minimum absolute atomic E-state index is 0.0866. The lowest BCUT2D eigenvalue weighted by molar-refractivity contribution is -0.132. The number of nitrogens with one attached hydrogen (secondary N) is 1. The maximum atomic E-state index is 12.7. The van der Waals surface area contributed by atoms with Crippen molar-refractivity contribution in [2.24, 2.45) is 5.92 Å². The molecule has 1 amide bonds. The van der Waals surface area contributed by atoms with Crippen LogP contribution in [0.1, 0.15) is 29.6 Å². The third-order valence-corrected chi connectivity index (χ3v) is 5.44. The van der Waals surface area contributed by atoms with E-state index in [2.05, 4.69) is 10.2 Å². The quantitative estimate of drug-likeness (QED) is 0.778. The second-order valence-corrected chi connectivity index (χ2v) is 7.09. The number of amides is 1. The Morgan fingerprint density at radius 2 is 1.73 bits per heavy atom. The summed E-state index contributed by atoms with van der Waals surface area (Å²) in [7, 11) is 1.62. The predicted octanol–water partition coefficient (Wildman–Crippen LogP) is 1.41. The lowest BCUT2D eigenvalue weighted by Gasteiger charge is -2.32. The van der Waals surface area contributed by atoms with Gasteiger partial charge in [-0.25, -0.2) is 0 Å². The van der Waals surface area contributed by atoms with Crippen molar-refractivity contribution in [3.63, 3.8) is 0 Å². The molecule has 2 aliphatic heterocycles. The van der Waals surface area contributed by atoms with Crippen LogP contribution in [0.3, 0.4) is 0 Å². The summed E-state index contributed by atoms with van der Waals surface area (Å²) >= 11 is 0. The lowest BCUT2D eigenvalue weighted by Crippen LogP contribution is -2.47. The SMILES string of the molecule is COc1ccc(C(=O)C2CCN(CCC(=O)N3CCNCC3)CC2)cc1. The topological polar surface area (TPSA) is 61.9 Å². The molecule has 0 bridgehead atoms. The molecule has 6 nitrogen and oxygen atoms in total. The fourth-order valence-corrected chi connectivity index (χ4v) is 3.74. The Morgan fingerprint density at radius 1 is 1.08 bits per heavy atom. The molecule has 0 aliphatic carbocycles. The van der Waals surface area contributed by atoms with Crippen LogP contribution in [0.2, 0.25) is 0 Å². The molecule has 0 saturated carbocycles. The number of rotatable bonds is 6. The van der Waals surface area contributed by atoms with Gasteiger partial charge in [0.15, 0.2) is 5.78 Å². The highest BCUT2D eigenvalue weighted by Crippen LogP contribution is 2.23. The summed E-state index contributed by atoms with van der Waals surface area (Å²) in [6.45, 7) is 6.00. The van der Waals surface area contributed by atoms with Crippen LogP contribution in [0.5, 0.6) is 5.75 Å². The van der Waals surface area contributed by atoms with E-state index < -0.39 is 0 Å². The van der Waals surface area contributed by atoms with Crippen LogP contribution in [0.4, 0.5) is 0 Å². The van der Waals surface area contributed by atoms with Crippen molar-refractivity contribution in [2.45, 2.75) is 19.3 Å². The van der Waals surface area contributed by atoms with Gasteiger partial charge in [0.05, 0.1) is 7.11 Å². The van der Waals surface area contributed by atoms with Gasteiger partial charge < -0.3 is 19.9 Å². The van der Waals surface area contributed by atoms with Crippen molar-refractivity contribution >= 4 is 11.7 Å². The summed E-state index contributed by atoms with van der Waals surface area (Å²) in [4.78, 5) is 29.2. The number of ether oxygens (including phenoxy) is 1. The van der Waals surface area contributed by atoms with Gasteiger partial charge in [0.1, 0.15) is 5.75 Å². The number of carbonyl (C=O) groups excluding carboxylic acids is 2. The first kappa shape index (κ1) is 18.9. The number of methoxy groups -OCH3 is 1. The summed E-state index contributed by atoms with van der Waals surface area (Å²) in [6, 6.07) is 7.37. The molecule has 1 aromatic carbocycles. The molecule has 2 fully saturated rings. The van der Waals surface area contributed by atoms with Gasteiger partial charge >= 0.3 is 0 Å². The molecule has 0 radical (unpaired) electrons. The maximum absolute atomic E-state index is 12.7. The Labute approximate surface area is 155 Å². The van der Waals surface area contributed by atoms with Gasteiger partial charge in [-0.05, 0) is 50.2 Å². The summed E-state index contributed by atoms with van der Waals surface area (Å²) in [5.74, 6) is 1.33. The van der Waals surface area contributed by atoms with Crippen LogP contribution >= 0.6 is 0 Å². The highest BCUT2D eigenvalue weighted by Gasteiger charge is 2.26. The first-order valence-electron chi connectivity index (χ1n) is 9.56. The smallest absolute Gasteiger partial charge is 0.223 e. The Hall–Kier alpha value is -1.92. The first-order chi connectivity index (χ1) is 12.7. The predicted molar refractivity (Wildman–Crippen MR) is 101 cm³/mol. The second-order valence-electron chi connectivity index (χ2n) is 7.09. The number of Topliss-reactive ketones (excluding diaryl/α,β-unsaturated/α-hetero) is 1. The molecule has 2 heterocycles. The number of hydrogen-bond donors (Lipinski definition) is 1. The van der Waals surface area contributed by atoms with E-state index in [-0.39, 0.29) is 17.6 Å². The molecule has 3 rings (SSSR count). The number of nitrogens with zero attached hydrogens (tertiary/aromatic N) is 2. The van der Waals surface area contributed by atoms with E-state index in [1.807, 2.05) is 29.2 Å². The van der Waals surface area contributed by atoms with Gasteiger partial charge in [-0.15, -0.1) is 0 Å². The van der Waals surface area contributed by atoms with Crippen LogP contribution in [-0.2, 0) is 4.79 Å². The molecular weight excluding hydrogens is 330 g/mol. The Kier molecular flexibility index (Phi) is 6.63. The number of carbonyl (C=O) groups is 2. The molecular formula is C20H29N3O3. The van der Waals surface area contributed by atoms with E-state index in [0.717, 1.165) is 70.0 Å². The number of likely N-dealkylation sites (tertiary alicyclic amines) is 1. The van der Waals surface area contributed by atoms with Crippen LogP contribution in [-0.4, -0.2) is 74.4 Å². The minimum atomic E-state index is 0.0866. The van der Waals surface area contributed by atoms with E-state index in [4.69, 9.17) is 4.74 Å². The number of hydrogen-bond acceptors (Lipinski definition) is 5. The summed E-state index contributed by atoms with van der Waals surface area (Å²) in [5.41, 5.74) is 0.762. The normalized spacial score (nSPS) is 19.3. The van der Waals surface area contributed by atoms with E-state index in [1.54, 1.807) is 7.11 Å². The molecule has 26 heavy (non-hydrogen) atoms. The molecule has 0 atom stereocenters. The van der Waals surface area contributed by atoms with Gasteiger partial charge in [0.25, 0.3) is 0 Å². The van der Waals surface area contributed by atoms with Crippen LogP contribution in [0, 0.1) is 5.92 Å². The Morgan fingerprint density at radius 3 is 2.35 bits per heavy atom. The van der Waals surface area contributed by atoms with E-state index >= 15 is 0 Å². The zero-order valence-corrected chi connectivity index (χ0v) is 15.6. The van der Waals surface area contributed by atoms with Crippen LogP contribution in [0.15, 0.2) is 24.3 Å². The average Bonchev–Trinajstić information content (AvgIpc) is 2.72. The molecule has 0 aromatic heterocycles. The fraction of sp³-hybridized carbons (Fsp3) is 0.600. The highest BCUT2D eigenvalue weighted by molar-refractivity contribution is 5.98. The molecule has 0 unspecified atom stereocenters. The minimum Gasteiger partial charge on any atom is -0.497 e. The van der Waals surface area contributed by atoms with Crippen molar-refractivity contribution < 1.29 is 14.3 Å². The van der Waals surface area contributed by atoms with Crippen molar-refractivity contribution in [1.82, 2.24) is 15.1 Å². The second kappa shape index (κ2) is 9.14.